The molecule has 1 unspecified atom stereocenters. The number of hydrogen-bond acceptors (Lipinski definition) is 4. The molecule has 2 rings (SSSR count). The molecule has 1 atom stereocenters. The maximum atomic E-state index is 11.0. The summed E-state index contributed by atoms with van der Waals surface area (Å²) in [5, 5.41) is 3.07. The molecule has 5 nitrogen and oxygen atoms in total. The predicted molar refractivity (Wildman–Crippen MR) is 79.1 cm³/mol. The topological polar surface area (TPSA) is 77.5 Å². The van der Waals surface area contributed by atoms with Gasteiger partial charge in [-0.25, -0.2) is 0 Å². The van der Waals surface area contributed by atoms with E-state index in [-0.39, 0.29) is 11.9 Å². The molecule has 0 radical (unpaired) electrons. The van der Waals surface area contributed by atoms with Gasteiger partial charge in [0.15, 0.2) is 0 Å². The summed E-state index contributed by atoms with van der Waals surface area (Å²) in [6, 6.07) is 11.4. The number of carbonyl (C=O) groups excluding carboxylic acids is 1. The number of furan rings is 1. The molecular formula is C16H20N2O3. The van der Waals surface area contributed by atoms with E-state index in [1.165, 1.54) is 0 Å². The molecule has 0 saturated heterocycles. The fraction of sp³-hybridized carbons (Fsp3) is 0.312. The highest BCUT2D eigenvalue weighted by molar-refractivity contribution is 5.79. The molecular weight excluding hydrogens is 268 g/mol. The van der Waals surface area contributed by atoms with Gasteiger partial charge in [-0.3, -0.25) is 4.79 Å². The zero-order chi connectivity index (χ0) is 15.1. The molecule has 1 aromatic heterocycles. The summed E-state index contributed by atoms with van der Waals surface area (Å²) in [4.78, 5) is 11.0. The van der Waals surface area contributed by atoms with Crippen molar-refractivity contribution in [2.45, 2.75) is 32.7 Å². The molecule has 1 heterocycles. The lowest BCUT2D eigenvalue weighted by atomic mass is 10.1. The average molecular weight is 288 g/mol. The summed E-state index contributed by atoms with van der Waals surface area (Å²) >= 11 is 0. The Bertz CT molecular complexity index is 567. The lowest BCUT2D eigenvalue weighted by Gasteiger charge is -2.11. The molecule has 0 bridgehead atoms. The quantitative estimate of drug-likeness (QED) is 0.778. The molecule has 3 N–H and O–H groups in total. The van der Waals surface area contributed by atoms with E-state index in [4.69, 9.17) is 14.9 Å². The Morgan fingerprint density at radius 2 is 2.10 bits per heavy atom. The van der Waals surface area contributed by atoms with E-state index in [0.717, 1.165) is 16.9 Å². The third-order valence-corrected chi connectivity index (χ3v) is 3.12. The second-order valence-corrected chi connectivity index (χ2v) is 4.90. The lowest BCUT2D eigenvalue weighted by Crippen LogP contribution is -2.38. The minimum atomic E-state index is -0.354. The minimum absolute atomic E-state index is 0.344. The summed E-state index contributed by atoms with van der Waals surface area (Å²) < 4.78 is 10.8. The lowest BCUT2D eigenvalue weighted by molar-refractivity contribution is -0.119. The molecule has 0 aliphatic heterocycles. The number of hydrogen-bond donors (Lipinski definition) is 2. The van der Waals surface area contributed by atoms with Gasteiger partial charge in [0.25, 0.3) is 0 Å². The zero-order valence-corrected chi connectivity index (χ0v) is 12.0. The van der Waals surface area contributed by atoms with Crippen molar-refractivity contribution in [2.75, 3.05) is 0 Å². The SMILES string of the molecule is CC(NCc1cccc(COCc2ccco2)c1)C(N)=O. The first-order valence-corrected chi connectivity index (χ1v) is 6.86. The van der Waals surface area contributed by atoms with E-state index < -0.39 is 0 Å². The molecule has 0 fully saturated rings. The number of rotatable bonds is 8. The maximum Gasteiger partial charge on any atom is 0.234 e. The largest absolute Gasteiger partial charge is 0.467 e. The van der Waals surface area contributed by atoms with E-state index in [1.807, 2.05) is 36.4 Å². The van der Waals surface area contributed by atoms with Crippen molar-refractivity contribution in [1.29, 1.82) is 0 Å². The number of carbonyl (C=O) groups is 1. The fourth-order valence-corrected chi connectivity index (χ4v) is 1.87. The molecule has 2 aromatic rings. The maximum absolute atomic E-state index is 11.0. The zero-order valence-electron chi connectivity index (χ0n) is 12.0. The van der Waals surface area contributed by atoms with E-state index in [9.17, 15) is 4.79 Å². The van der Waals surface area contributed by atoms with E-state index in [1.54, 1.807) is 13.2 Å². The summed E-state index contributed by atoms with van der Waals surface area (Å²) in [6.45, 7) is 3.31. The van der Waals surface area contributed by atoms with Crippen LogP contribution in [0.5, 0.6) is 0 Å². The number of ether oxygens (including phenoxy) is 1. The van der Waals surface area contributed by atoms with Crippen LogP contribution in [0.2, 0.25) is 0 Å². The average Bonchev–Trinajstić information content (AvgIpc) is 2.98. The van der Waals surface area contributed by atoms with Gasteiger partial charge in [0, 0.05) is 6.54 Å². The smallest absolute Gasteiger partial charge is 0.234 e. The summed E-state index contributed by atoms with van der Waals surface area (Å²) in [6.07, 6.45) is 1.63. The number of nitrogens with one attached hydrogen (secondary N) is 1. The van der Waals surface area contributed by atoms with Gasteiger partial charge in [0.1, 0.15) is 12.4 Å². The van der Waals surface area contributed by atoms with Gasteiger partial charge in [-0.1, -0.05) is 24.3 Å². The van der Waals surface area contributed by atoms with Crippen LogP contribution in [0.1, 0.15) is 23.8 Å². The van der Waals surface area contributed by atoms with Crippen LogP contribution in [0.25, 0.3) is 0 Å². The summed E-state index contributed by atoms with van der Waals surface area (Å²) in [7, 11) is 0. The molecule has 0 aliphatic rings. The highest BCUT2D eigenvalue weighted by Gasteiger charge is 2.07. The number of primary amides is 1. The first kappa shape index (κ1) is 15.3. The molecule has 0 spiro atoms. The normalized spacial score (nSPS) is 12.2. The van der Waals surface area contributed by atoms with Crippen LogP contribution in [-0.4, -0.2) is 11.9 Å². The highest BCUT2D eigenvalue weighted by atomic mass is 16.5. The van der Waals surface area contributed by atoms with Crippen molar-refractivity contribution in [3.05, 3.63) is 59.5 Å². The fourth-order valence-electron chi connectivity index (χ4n) is 1.87. The Kier molecular flexibility index (Phi) is 5.54. The number of nitrogens with two attached hydrogens (primary N) is 1. The van der Waals surface area contributed by atoms with Gasteiger partial charge in [-0.2, -0.15) is 0 Å². The number of amides is 1. The summed E-state index contributed by atoms with van der Waals surface area (Å²) in [5.74, 6) is 0.455. The molecule has 112 valence electrons. The molecule has 0 aliphatic carbocycles. The minimum Gasteiger partial charge on any atom is -0.467 e. The third kappa shape index (κ3) is 5.06. The standard InChI is InChI=1S/C16H20N2O3/c1-12(16(17)19)18-9-13-4-2-5-14(8-13)10-20-11-15-6-3-7-21-15/h2-8,12,18H,9-11H2,1H3,(H2,17,19). The molecule has 5 heteroatoms. The molecule has 1 amide bonds. The van der Waals surface area contributed by atoms with Crippen LogP contribution in [0, 0.1) is 0 Å². The van der Waals surface area contributed by atoms with Gasteiger partial charge >= 0.3 is 0 Å². The van der Waals surface area contributed by atoms with Crippen molar-refractivity contribution in [1.82, 2.24) is 5.32 Å². The Morgan fingerprint density at radius 3 is 2.81 bits per heavy atom. The third-order valence-electron chi connectivity index (χ3n) is 3.12. The van der Waals surface area contributed by atoms with Crippen LogP contribution in [-0.2, 0) is 29.3 Å². The predicted octanol–water partition coefficient (Wildman–Crippen LogP) is 1.96. The second kappa shape index (κ2) is 7.61. The highest BCUT2D eigenvalue weighted by Crippen LogP contribution is 2.09. The Hall–Kier alpha value is -2.11. The van der Waals surface area contributed by atoms with Crippen LogP contribution in [0.15, 0.2) is 47.1 Å². The van der Waals surface area contributed by atoms with Crippen LogP contribution in [0.3, 0.4) is 0 Å². The Morgan fingerprint density at radius 1 is 1.29 bits per heavy atom. The Labute approximate surface area is 124 Å². The van der Waals surface area contributed by atoms with Gasteiger partial charge in [-0.15, -0.1) is 0 Å². The van der Waals surface area contributed by atoms with Gasteiger partial charge < -0.3 is 20.2 Å². The monoisotopic (exact) mass is 288 g/mol. The van der Waals surface area contributed by atoms with E-state index in [0.29, 0.717) is 19.8 Å². The van der Waals surface area contributed by atoms with Crippen molar-refractivity contribution >= 4 is 5.91 Å². The van der Waals surface area contributed by atoms with Gasteiger partial charge in [-0.05, 0) is 30.2 Å². The van der Waals surface area contributed by atoms with E-state index in [2.05, 4.69) is 5.32 Å². The molecule has 1 aromatic carbocycles. The number of benzene rings is 1. The first-order valence-electron chi connectivity index (χ1n) is 6.86. The van der Waals surface area contributed by atoms with Crippen LogP contribution >= 0.6 is 0 Å². The van der Waals surface area contributed by atoms with Crippen LogP contribution in [0.4, 0.5) is 0 Å². The Balaban J connectivity index is 1.81. The summed E-state index contributed by atoms with van der Waals surface area (Å²) in [5.41, 5.74) is 7.37. The second-order valence-electron chi connectivity index (χ2n) is 4.90. The van der Waals surface area contributed by atoms with Crippen molar-refractivity contribution in [3.8, 4) is 0 Å². The van der Waals surface area contributed by atoms with Crippen LogP contribution < -0.4 is 11.1 Å². The van der Waals surface area contributed by atoms with Gasteiger partial charge in [0.2, 0.25) is 5.91 Å². The molecule has 21 heavy (non-hydrogen) atoms. The first-order chi connectivity index (χ1) is 10.1. The van der Waals surface area contributed by atoms with Crippen molar-refractivity contribution in [2.24, 2.45) is 5.73 Å². The molecule has 0 saturated carbocycles. The van der Waals surface area contributed by atoms with Crippen molar-refractivity contribution < 1.29 is 13.9 Å². The van der Waals surface area contributed by atoms with Crippen molar-refractivity contribution in [3.63, 3.8) is 0 Å². The van der Waals surface area contributed by atoms with E-state index >= 15 is 0 Å². The van der Waals surface area contributed by atoms with Gasteiger partial charge in [0.05, 0.1) is 18.9 Å².